The maximum atomic E-state index is 11.6. The molecular weight excluding hydrogens is 252 g/mol. The van der Waals surface area contributed by atoms with Gasteiger partial charge in [-0.25, -0.2) is 4.79 Å². The van der Waals surface area contributed by atoms with Crippen LogP contribution in [0.15, 0.2) is 24.3 Å². The molecule has 1 unspecified atom stereocenters. The lowest BCUT2D eigenvalue weighted by Crippen LogP contribution is -2.37. The molecule has 1 rings (SSSR count). The molecule has 1 aromatic rings. The van der Waals surface area contributed by atoms with E-state index in [4.69, 9.17) is 5.11 Å². The summed E-state index contributed by atoms with van der Waals surface area (Å²) in [6.45, 7) is 4.72. The van der Waals surface area contributed by atoms with E-state index in [0.717, 1.165) is 17.5 Å². The van der Waals surface area contributed by atoms with Gasteiger partial charge in [0.05, 0.1) is 12.6 Å². The van der Waals surface area contributed by atoms with Gasteiger partial charge in [0.2, 0.25) is 0 Å². The lowest BCUT2D eigenvalue weighted by Gasteiger charge is -2.14. The van der Waals surface area contributed by atoms with Crippen molar-refractivity contribution in [2.45, 2.75) is 32.7 Å². The first-order valence-electron chi connectivity index (χ1n) is 6.91. The topological polar surface area (TPSA) is 61.4 Å². The van der Waals surface area contributed by atoms with Crippen LogP contribution in [0.1, 0.15) is 43.9 Å². The van der Waals surface area contributed by atoms with E-state index in [1.807, 2.05) is 38.1 Å². The fourth-order valence-corrected chi connectivity index (χ4v) is 1.65. The summed E-state index contributed by atoms with van der Waals surface area (Å²) >= 11 is 0. The summed E-state index contributed by atoms with van der Waals surface area (Å²) in [5.74, 6) is 5.85. The second-order valence-corrected chi connectivity index (χ2v) is 4.52. The van der Waals surface area contributed by atoms with Crippen LogP contribution in [0, 0.1) is 11.8 Å². The molecule has 0 heterocycles. The van der Waals surface area contributed by atoms with E-state index in [9.17, 15) is 4.79 Å². The van der Waals surface area contributed by atoms with Gasteiger partial charge in [-0.15, -0.1) is 0 Å². The van der Waals surface area contributed by atoms with Crippen LogP contribution in [0.2, 0.25) is 0 Å². The maximum Gasteiger partial charge on any atom is 0.315 e. The van der Waals surface area contributed by atoms with Crippen LogP contribution in [-0.2, 0) is 0 Å². The minimum absolute atomic E-state index is 0.0497. The Bertz CT molecular complexity index is 471. The first-order chi connectivity index (χ1) is 9.67. The summed E-state index contributed by atoms with van der Waals surface area (Å²) in [7, 11) is 0. The fraction of sp³-hybridized carbons (Fsp3) is 0.438. The summed E-state index contributed by atoms with van der Waals surface area (Å²) < 4.78 is 0. The SMILES string of the molecule is CCCNC(=O)NC(C)c1ccc(C#CCCO)cc1. The Hall–Kier alpha value is -1.99. The largest absolute Gasteiger partial charge is 0.395 e. The molecule has 4 heteroatoms. The molecule has 108 valence electrons. The highest BCUT2D eigenvalue weighted by Gasteiger charge is 2.08. The number of carbonyl (C=O) groups excluding carboxylic acids is 1. The van der Waals surface area contributed by atoms with Crippen molar-refractivity contribution in [2.75, 3.05) is 13.2 Å². The monoisotopic (exact) mass is 274 g/mol. The van der Waals surface area contributed by atoms with Gasteiger partial charge in [-0.05, 0) is 31.0 Å². The number of aliphatic hydroxyl groups is 1. The lowest BCUT2D eigenvalue weighted by atomic mass is 10.1. The third-order valence-corrected chi connectivity index (χ3v) is 2.76. The molecule has 1 aromatic carbocycles. The number of aliphatic hydroxyl groups excluding tert-OH is 1. The van der Waals surface area contributed by atoms with E-state index in [-0.39, 0.29) is 18.7 Å². The molecule has 1 atom stereocenters. The molecule has 0 aliphatic carbocycles. The number of hydrogen-bond donors (Lipinski definition) is 3. The Morgan fingerprint density at radius 2 is 2.05 bits per heavy atom. The number of nitrogens with one attached hydrogen (secondary N) is 2. The van der Waals surface area contributed by atoms with Crippen molar-refractivity contribution in [3.8, 4) is 11.8 Å². The van der Waals surface area contributed by atoms with Crippen molar-refractivity contribution in [3.63, 3.8) is 0 Å². The van der Waals surface area contributed by atoms with Crippen LogP contribution in [0.4, 0.5) is 4.79 Å². The maximum absolute atomic E-state index is 11.6. The smallest absolute Gasteiger partial charge is 0.315 e. The second kappa shape index (κ2) is 9.00. The molecule has 0 saturated carbocycles. The van der Waals surface area contributed by atoms with Crippen molar-refractivity contribution in [1.29, 1.82) is 0 Å². The standard InChI is InChI=1S/C16H22N2O2/c1-3-11-17-16(20)18-13(2)15-9-7-14(8-10-15)6-4-5-12-19/h7-10,13,19H,3,5,11-12H2,1-2H3,(H2,17,18,20). The molecule has 4 nitrogen and oxygen atoms in total. The van der Waals surface area contributed by atoms with E-state index in [0.29, 0.717) is 13.0 Å². The number of benzene rings is 1. The molecule has 0 saturated heterocycles. The number of hydrogen-bond acceptors (Lipinski definition) is 2. The van der Waals surface area contributed by atoms with E-state index in [1.165, 1.54) is 0 Å². The van der Waals surface area contributed by atoms with Crippen molar-refractivity contribution >= 4 is 6.03 Å². The van der Waals surface area contributed by atoms with Gasteiger partial charge >= 0.3 is 6.03 Å². The van der Waals surface area contributed by atoms with Gasteiger partial charge in [0.1, 0.15) is 0 Å². The zero-order valence-electron chi connectivity index (χ0n) is 12.1. The van der Waals surface area contributed by atoms with Crippen molar-refractivity contribution < 1.29 is 9.90 Å². The minimum atomic E-state index is -0.147. The molecule has 0 aromatic heterocycles. The second-order valence-electron chi connectivity index (χ2n) is 4.52. The fourth-order valence-electron chi connectivity index (χ4n) is 1.65. The van der Waals surface area contributed by atoms with Crippen LogP contribution < -0.4 is 10.6 Å². The highest BCUT2D eigenvalue weighted by atomic mass is 16.2. The zero-order valence-corrected chi connectivity index (χ0v) is 12.1. The van der Waals surface area contributed by atoms with E-state index in [1.54, 1.807) is 0 Å². The van der Waals surface area contributed by atoms with Crippen LogP contribution in [-0.4, -0.2) is 24.3 Å². The van der Waals surface area contributed by atoms with Gasteiger partial charge in [-0.2, -0.15) is 0 Å². The van der Waals surface area contributed by atoms with E-state index < -0.39 is 0 Å². The third kappa shape index (κ3) is 5.77. The first-order valence-corrected chi connectivity index (χ1v) is 6.91. The van der Waals surface area contributed by atoms with Gasteiger partial charge < -0.3 is 15.7 Å². The lowest BCUT2D eigenvalue weighted by molar-refractivity contribution is 0.238. The van der Waals surface area contributed by atoms with Gasteiger partial charge in [0.15, 0.2) is 0 Å². The van der Waals surface area contributed by atoms with Crippen LogP contribution in [0.5, 0.6) is 0 Å². The Balaban J connectivity index is 2.55. The van der Waals surface area contributed by atoms with Gasteiger partial charge in [-0.1, -0.05) is 30.9 Å². The summed E-state index contributed by atoms with van der Waals surface area (Å²) in [6.07, 6.45) is 1.40. The Morgan fingerprint density at radius 1 is 1.35 bits per heavy atom. The number of urea groups is 1. The Kier molecular flexibility index (Phi) is 7.23. The van der Waals surface area contributed by atoms with Crippen molar-refractivity contribution in [1.82, 2.24) is 10.6 Å². The third-order valence-electron chi connectivity index (χ3n) is 2.76. The predicted octanol–water partition coefficient (Wildman–Crippen LogP) is 2.19. The molecule has 2 amide bonds. The number of carbonyl (C=O) groups is 1. The average Bonchev–Trinajstić information content (AvgIpc) is 2.46. The van der Waals surface area contributed by atoms with Gasteiger partial charge in [0, 0.05) is 18.5 Å². The number of rotatable bonds is 5. The molecule has 20 heavy (non-hydrogen) atoms. The molecule has 3 N–H and O–H groups in total. The summed E-state index contributed by atoms with van der Waals surface area (Å²) in [6, 6.07) is 7.54. The molecule has 0 fully saturated rings. The molecule has 0 bridgehead atoms. The highest BCUT2D eigenvalue weighted by Crippen LogP contribution is 2.12. The molecular formula is C16H22N2O2. The van der Waals surface area contributed by atoms with E-state index in [2.05, 4.69) is 22.5 Å². The summed E-state index contributed by atoms with van der Waals surface area (Å²) in [5.41, 5.74) is 1.94. The van der Waals surface area contributed by atoms with E-state index >= 15 is 0 Å². The molecule has 0 aliphatic heterocycles. The van der Waals surface area contributed by atoms with Crippen LogP contribution in [0.3, 0.4) is 0 Å². The Morgan fingerprint density at radius 3 is 2.65 bits per heavy atom. The highest BCUT2D eigenvalue weighted by molar-refractivity contribution is 5.74. The molecule has 0 aliphatic rings. The summed E-state index contributed by atoms with van der Waals surface area (Å²) in [5, 5.41) is 14.3. The molecule has 0 radical (unpaired) electrons. The quantitative estimate of drug-likeness (QED) is 0.721. The van der Waals surface area contributed by atoms with Crippen LogP contribution >= 0.6 is 0 Å². The zero-order chi connectivity index (χ0) is 14.8. The van der Waals surface area contributed by atoms with Gasteiger partial charge in [0.25, 0.3) is 0 Å². The van der Waals surface area contributed by atoms with Crippen LogP contribution in [0.25, 0.3) is 0 Å². The minimum Gasteiger partial charge on any atom is -0.395 e. The number of amides is 2. The van der Waals surface area contributed by atoms with Crippen molar-refractivity contribution in [3.05, 3.63) is 35.4 Å². The predicted molar refractivity (Wildman–Crippen MR) is 80.3 cm³/mol. The summed E-state index contributed by atoms with van der Waals surface area (Å²) in [4.78, 5) is 11.6. The van der Waals surface area contributed by atoms with Gasteiger partial charge in [-0.3, -0.25) is 0 Å². The Labute approximate surface area is 120 Å². The average molecular weight is 274 g/mol. The first kappa shape index (κ1) is 16.1. The van der Waals surface area contributed by atoms with Crippen molar-refractivity contribution in [2.24, 2.45) is 0 Å². The normalized spacial score (nSPS) is 11.2. The molecule has 0 spiro atoms.